The van der Waals surface area contributed by atoms with Crippen molar-refractivity contribution >= 4 is 0 Å². The minimum absolute atomic E-state index is 0.237. The Kier molecular flexibility index (Phi) is 4.11. The highest BCUT2D eigenvalue weighted by Crippen LogP contribution is 2.48. The van der Waals surface area contributed by atoms with E-state index >= 15 is 0 Å². The Labute approximate surface area is 122 Å². The third-order valence-electron chi connectivity index (χ3n) is 4.80. The maximum Gasteiger partial charge on any atom is 0.110 e. The Balaban J connectivity index is 1.93. The average Bonchev–Trinajstić information content (AvgIpc) is 2.47. The van der Waals surface area contributed by atoms with E-state index in [4.69, 9.17) is 4.74 Å². The summed E-state index contributed by atoms with van der Waals surface area (Å²) in [6, 6.07) is 11.3. The molecule has 1 heterocycles. The van der Waals surface area contributed by atoms with Crippen LogP contribution in [0.2, 0.25) is 0 Å². The average molecular weight is 271 g/mol. The zero-order valence-corrected chi connectivity index (χ0v) is 12.4. The fourth-order valence-electron chi connectivity index (χ4n) is 3.62. The van der Waals surface area contributed by atoms with Crippen LogP contribution in [0, 0.1) is 0 Å². The second-order valence-corrected chi connectivity index (χ2v) is 5.96. The van der Waals surface area contributed by atoms with Gasteiger partial charge in [0.2, 0.25) is 0 Å². The van der Waals surface area contributed by atoms with E-state index in [0.29, 0.717) is 6.04 Å². The van der Waals surface area contributed by atoms with E-state index in [0.717, 1.165) is 26.0 Å². The lowest BCUT2D eigenvalue weighted by atomic mass is 9.59. The van der Waals surface area contributed by atoms with Gasteiger partial charge in [-0.2, -0.15) is 0 Å². The van der Waals surface area contributed by atoms with Gasteiger partial charge in [-0.05, 0) is 43.9 Å². The van der Waals surface area contributed by atoms with Gasteiger partial charge in [-0.25, -0.2) is 0 Å². The highest BCUT2D eigenvalue weighted by Gasteiger charge is 2.47. The molecule has 1 atom stereocenters. The van der Waals surface area contributed by atoms with Crippen molar-refractivity contribution in [1.82, 2.24) is 5.32 Å². The third kappa shape index (κ3) is 2.37. The summed E-state index contributed by atoms with van der Waals surface area (Å²) in [6.45, 7) is 4.05. The van der Waals surface area contributed by atoms with E-state index in [-0.39, 0.29) is 5.41 Å². The molecular weight excluding hydrogens is 246 g/mol. The van der Waals surface area contributed by atoms with Crippen LogP contribution in [-0.2, 0) is 10.2 Å². The lowest BCUT2D eigenvalue weighted by molar-refractivity contribution is 0.105. The van der Waals surface area contributed by atoms with E-state index in [1.165, 1.54) is 30.6 Å². The first-order chi connectivity index (χ1) is 9.87. The first-order valence-corrected chi connectivity index (χ1v) is 7.98. The number of nitrogens with one attached hydrogen (secondary N) is 1. The van der Waals surface area contributed by atoms with Gasteiger partial charge in [0.05, 0.1) is 12.6 Å². The summed E-state index contributed by atoms with van der Waals surface area (Å²) in [5, 5.41) is 3.70. The quantitative estimate of drug-likeness (QED) is 0.880. The topological polar surface area (TPSA) is 21.3 Å². The summed E-state index contributed by atoms with van der Waals surface area (Å²) in [5.74, 6) is 1.18. The van der Waals surface area contributed by atoms with Crippen LogP contribution < -0.4 is 5.32 Å². The van der Waals surface area contributed by atoms with Crippen molar-refractivity contribution in [2.45, 2.75) is 50.5 Å². The summed E-state index contributed by atoms with van der Waals surface area (Å²) < 4.78 is 5.99. The highest BCUT2D eigenvalue weighted by atomic mass is 16.5. The Bertz CT molecular complexity index is 462. The van der Waals surface area contributed by atoms with Gasteiger partial charge in [0.15, 0.2) is 0 Å². The molecule has 0 bridgehead atoms. The van der Waals surface area contributed by atoms with Crippen molar-refractivity contribution in [2.75, 3.05) is 13.2 Å². The monoisotopic (exact) mass is 271 g/mol. The SMILES string of the molecule is CCNC(C1=CCCCO1)C1(c2ccccc2)CCC1. The van der Waals surface area contributed by atoms with Crippen molar-refractivity contribution in [3.63, 3.8) is 0 Å². The van der Waals surface area contributed by atoms with Gasteiger partial charge in [-0.1, -0.05) is 43.7 Å². The van der Waals surface area contributed by atoms with Gasteiger partial charge in [0, 0.05) is 5.41 Å². The van der Waals surface area contributed by atoms with Crippen LogP contribution in [-0.4, -0.2) is 19.2 Å². The second kappa shape index (κ2) is 6.01. The summed E-state index contributed by atoms with van der Waals surface area (Å²) in [7, 11) is 0. The van der Waals surface area contributed by atoms with Crippen molar-refractivity contribution in [2.24, 2.45) is 0 Å². The predicted molar refractivity (Wildman–Crippen MR) is 82.7 cm³/mol. The Morgan fingerprint density at radius 2 is 2.00 bits per heavy atom. The number of hydrogen-bond donors (Lipinski definition) is 1. The zero-order chi connectivity index (χ0) is 13.8. The van der Waals surface area contributed by atoms with Crippen molar-refractivity contribution < 1.29 is 4.74 Å². The van der Waals surface area contributed by atoms with Crippen LogP contribution >= 0.6 is 0 Å². The molecule has 1 N–H and O–H groups in total. The largest absolute Gasteiger partial charge is 0.497 e. The van der Waals surface area contributed by atoms with Crippen LogP contribution in [0.4, 0.5) is 0 Å². The summed E-state index contributed by atoms with van der Waals surface area (Å²) in [5.41, 5.74) is 1.70. The molecule has 1 aromatic carbocycles. The van der Waals surface area contributed by atoms with Gasteiger partial charge in [0.25, 0.3) is 0 Å². The summed E-state index contributed by atoms with van der Waals surface area (Å²) >= 11 is 0. The molecule has 0 aromatic heterocycles. The van der Waals surface area contributed by atoms with E-state index in [1.807, 2.05) is 0 Å². The molecule has 20 heavy (non-hydrogen) atoms. The van der Waals surface area contributed by atoms with E-state index < -0.39 is 0 Å². The fraction of sp³-hybridized carbons (Fsp3) is 0.556. The van der Waals surface area contributed by atoms with E-state index in [2.05, 4.69) is 48.6 Å². The van der Waals surface area contributed by atoms with Gasteiger partial charge in [0.1, 0.15) is 5.76 Å². The van der Waals surface area contributed by atoms with Gasteiger partial charge >= 0.3 is 0 Å². The number of likely N-dealkylation sites (N-methyl/N-ethyl adjacent to an activating group) is 1. The number of ether oxygens (including phenoxy) is 1. The van der Waals surface area contributed by atoms with Gasteiger partial charge < -0.3 is 10.1 Å². The molecule has 0 amide bonds. The predicted octanol–water partition coefficient (Wildman–Crippen LogP) is 3.78. The van der Waals surface area contributed by atoms with Crippen LogP contribution in [0.1, 0.15) is 44.6 Å². The molecule has 1 fully saturated rings. The molecule has 1 unspecified atom stereocenters. The lowest BCUT2D eigenvalue weighted by Gasteiger charge is -2.49. The minimum atomic E-state index is 0.237. The molecule has 1 aliphatic carbocycles. The maximum atomic E-state index is 5.99. The van der Waals surface area contributed by atoms with Crippen molar-refractivity contribution in [3.05, 3.63) is 47.7 Å². The van der Waals surface area contributed by atoms with Crippen molar-refractivity contribution in [3.8, 4) is 0 Å². The Morgan fingerprint density at radius 1 is 1.20 bits per heavy atom. The molecule has 3 rings (SSSR count). The van der Waals surface area contributed by atoms with E-state index in [1.54, 1.807) is 0 Å². The van der Waals surface area contributed by atoms with Gasteiger partial charge in [-0.3, -0.25) is 0 Å². The molecular formula is C18H25NO. The van der Waals surface area contributed by atoms with Crippen LogP contribution in [0.3, 0.4) is 0 Å². The number of rotatable bonds is 5. The Morgan fingerprint density at radius 3 is 2.55 bits per heavy atom. The molecule has 1 saturated carbocycles. The minimum Gasteiger partial charge on any atom is -0.497 e. The Hall–Kier alpha value is -1.28. The first-order valence-electron chi connectivity index (χ1n) is 7.98. The number of hydrogen-bond acceptors (Lipinski definition) is 2. The third-order valence-corrected chi connectivity index (χ3v) is 4.80. The normalized spacial score (nSPS) is 22.4. The number of benzene rings is 1. The van der Waals surface area contributed by atoms with Gasteiger partial charge in [-0.15, -0.1) is 0 Å². The number of allylic oxidation sites excluding steroid dienone is 1. The summed E-state index contributed by atoms with van der Waals surface area (Å²) in [4.78, 5) is 0. The molecule has 1 aliphatic heterocycles. The lowest BCUT2D eigenvalue weighted by Crippen LogP contribution is -2.54. The maximum absolute atomic E-state index is 5.99. The second-order valence-electron chi connectivity index (χ2n) is 5.96. The summed E-state index contributed by atoms with van der Waals surface area (Å²) in [6.07, 6.45) is 8.46. The van der Waals surface area contributed by atoms with Crippen LogP contribution in [0.25, 0.3) is 0 Å². The molecule has 1 aromatic rings. The molecule has 2 heteroatoms. The molecule has 0 radical (unpaired) electrons. The molecule has 2 aliphatic rings. The standard InChI is InChI=1S/C18H25NO/c1-2-19-17(16-11-6-7-14-20-16)18(12-8-13-18)15-9-4-3-5-10-15/h3-5,9-11,17,19H,2,6-8,12-14H2,1H3. The molecule has 0 saturated heterocycles. The molecule has 2 nitrogen and oxygen atoms in total. The molecule has 108 valence electrons. The van der Waals surface area contributed by atoms with Crippen LogP contribution in [0.15, 0.2) is 42.2 Å². The fourth-order valence-corrected chi connectivity index (χ4v) is 3.62. The van der Waals surface area contributed by atoms with E-state index in [9.17, 15) is 0 Å². The van der Waals surface area contributed by atoms with Crippen LogP contribution in [0.5, 0.6) is 0 Å². The smallest absolute Gasteiger partial charge is 0.110 e. The highest BCUT2D eigenvalue weighted by molar-refractivity contribution is 5.34. The van der Waals surface area contributed by atoms with Crippen molar-refractivity contribution in [1.29, 1.82) is 0 Å². The first kappa shape index (κ1) is 13.7. The molecule has 0 spiro atoms. The zero-order valence-electron chi connectivity index (χ0n) is 12.4.